The molecule has 0 unspecified atom stereocenters. The smallest absolute Gasteiger partial charge is 0.291 e. The molecule has 1 aliphatic heterocycles. The normalized spacial score (nSPS) is 14.5. The summed E-state index contributed by atoms with van der Waals surface area (Å²) < 4.78 is 9.65. The van der Waals surface area contributed by atoms with Gasteiger partial charge in [-0.25, -0.2) is 4.68 Å². The van der Waals surface area contributed by atoms with Gasteiger partial charge in [0.1, 0.15) is 23.6 Å². The van der Waals surface area contributed by atoms with Crippen molar-refractivity contribution < 1.29 is 9.53 Å². The van der Waals surface area contributed by atoms with E-state index in [9.17, 15) is 9.59 Å². The minimum absolute atomic E-state index is 0.0519. The fourth-order valence-corrected chi connectivity index (χ4v) is 5.05. The molecule has 0 radical (unpaired) electrons. The van der Waals surface area contributed by atoms with E-state index in [2.05, 4.69) is 10.00 Å². The number of thiophene rings is 1. The Hall–Kier alpha value is -3.33. The van der Waals surface area contributed by atoms with Crippen LogP contribution in [0, 0.1) is 6.92 Å². The molecule has 8 nitrogen and oxygen atoms in total. The van der Waals surface area contributed by atoms with Crippen molar-refractivity contribution in [1.82, 2.24) is 19.1 Å². The summed E-state index contributed by atoms with van der Waals surface area (Å²) in [4.78, 5) is 29.9. The molecule has 1 aliphatic rings. The fraction of sp³-hybridized carbons (Fsp3) is 0.318. The van der Waals surface area contributed by atoms with Crippen molar-refractivity contribution in [2.45, 2.75) is 13.5 Å². The van der Waals surface area contributed by atoms with E-state index in [4.69, 9.17) is 4.74 Å². The number of methoxy groups -OCH3 is 1. The Morgan fingerprint density at radius 2 is 1.90 bits per heavy atom. The highest BCUT2D eigenvalue weighted by molar-refractivity contribution is 7.17. The number of hydrogen-bond donors (Lipinski definition) is 0. The molecule has 1 fully saturated rings. The van der Waals surface area contributed by atoms with Crippen molar-refractivity contribution in [3.63, 3.8) is 0 Å². The Kier molecular flexibility index (Phi) is 4.90. The zero-order valence-electron chi connectivity index (χ0n) is 17.4. The van der Waals surface area contributed by atoms with Gasteiger partial charge in [-0.3, -0.25) is 14.0 Å². The molecule has 0 N–H and O–H groups in total. The zero-order chi connectivity index (χ0) is 21.5. The molecule has 4 heterocycles. The van der Waals surface area contributed by atoms with Gasteiger partial charge >= 0.3 is 0 Å². The van der Waals surface area contributed by atoms with Crippen molar-refractivity contribution in [1.29, 1.82) is 0 Å². The number of aromatic nitrogens is 3. The first-order valence-corrected chi connectivity index (χ1v) is 11.1. The molecule has 3 aromatic heterocycles. The Bertz CT molecular complexity index is 1330. The van der Waals surface area contributed by atoms with Crippen molar-refractivity contribution in [3.8, 4) is 5.75 Å². The molecular weight excluding hydrogens is 414 g/mol. The highest BCUT2D eigenvalue weighted by atomic mass is 32.1. The second-order valence-electron chi connectivity index (χ2n) is 7.58. The number of ether oxygens (including phenoxy) is 1. The van der Waals surface area contributed by atoms with E-state index in [1.807, 2.05) is 53.1 Å². The molecule has 1 aromatic carbocycles. The number of aryl methyl sites for hydroxylation is 1. The lowest BCUT2D eigenvalue weighted by Crippen LogP contribution is -2.50. The molecule has 31 heavy (non-hydrogen) atoms. The number of amides is 1. The van der Waals surface area contributed by atoms with Crippen molar-refractivity contribution in [3.05, 3.63) is 58.0 Å². The van der Waals surface area contributed by atoms with Gasteiger partial charge in [0.25, 0.3) is 5.56 Å². The summed E-state index contributed by atoms with van der Waals surface area (Å²) in [6, 6.07) is 11.8. The van der Waals surface area contributed by atoms with E-state index in [-0.39, 0.29) is 18.0 Å². The van der Waals surface area contributed by atoms with Gasteiger partial charge in [0.2, 0.25) is 5.91 Å². The number of benzene rings is 1. The molecular formula is C22H23N5O3S. The molecule has 0 bridgehead atoms. The number of nitrogens with zero attached hydrogens (tertiary/aromatic N) is 5. The van der Waals surface area contributed by atoms with Crippen LogP contribution in [0.4, 0.5) is 5.69 Å². The SMILES string of the molecule is COc1ccccc1N1CCN(C(=O)Cn2nc(C)n3c(cc4sccc43)c2=O)CC1. The molecule has 9 heteroatoms. The van der Waals surface area contributed by atoms with Gasteiger partial charge in [-0.15, -0.1) is 11.3 Å². The predicted molar refractivity (Wildman–Crippen MR) is 121 cm³/mol. The number of carbonyl (C=O) groups is 1. The van der Waals surface area contributed by atoms with Gasteiger partial charge in [0.15, 0.2) is 0 Å². The van der Waals surface area contributed by atoms with Crippen LogP contribution in [-0.2, 0) is 11.3 Å². The summed E-state index contributed by atoms with van der Waals surface area (Å²) in [5, 5.41) is 6.42. The van der Waals surface area contributed by atoms with Crippen LogP contribution < -0.4 is 15.2 Å². The number of fused-ring (bicyclic) bond motifs is 3. The van der Waals surface area contributed by atoms with Crippen molar-refractivity contribution in [2.75, 3.05) is 38.2 Å². The summed E-state index contributed by atoms with van der Waals surface area (Å²) in [6.07, 6.45) is 0. The maximum Gasteiger partial charge on any atom is 0.291 e. The lowest BCUT2D eigenvalue weighted by Gasteiger charge is -2.36. The summed E-state index contributed by atoms with van der Waals surface area (Å²) in [5.74, 6) is 1.43. The second kappa shape index (κ2) is 7.73. The lowest BCUT2D eigenvalue weighted by atomic mass is 10.2. The average Bonchev–Trinajstić information content (AvgIpc) is 3.39. The monoisotopic (exact) mass is 437 g/mol. The van der Waals surface area contributed by atoms with E-state index in [0.717, 1.165) is 21.7 Å². The van der Waals surface area contributed by atoms with Gasteiger partial charge in [0.05, 0.1) is 23.0 Å². The molecule has 0 aliphatic carbocycles. The Morgan fingerprint density at radius 1 is 1.13 bits per heavy atom. The van der Waals surface area contributed by atoms with Crippen LogP contribution in [-0.4, -0.2) is 58.3 Å². The highest BCUT2D eigenvalue weighted by Gasteiger charge is 2.24. The average molecular weight is 438 g/mol. The molecule has 4 aromatic rings. The maximum absolute atomic E-state index is 13.0. The molecule has 160 valence electrons. The maximum atomic E-state index is 13.0. The number of hydrogen-bond acceptors (Lipinski definition) is 6. The van der Waals surface area contributed by atoms with Crippen LogP contribution in [0.5, 0.6) is 5.75 Å². The third kappa shape index (κ3) is 3.34. The first-order valence-electron chi connectivity index (χ1n) is 10.2. The van der Waals surface area contributed by atoms with E-state index in [0.29, 0.717) is 37.5 Å². The molecule has 5 rings (SSSR count). The summed E-state index contributed by atoms with van der Waals surface area (Å²) in [7, 11) is 1.66. The summed E-state index contributed by atoms with van der Waals surface area (Å²) >= 11 is 1.59. The van der Waals surface area contributed by atoms with Gasteiger partial charge in [-0.1, -0.05) is 12.1 Å². The molecule has 0 saturated carbocycles. The number of anilines is 1. The van der Waals surface area contributed by atoms with Gasteiger partial charge in [0, 0.05) is 26.2 Å². The summed E-state index contributed by atoms with van der Waals surface area (Å²) in [5.41, 5.74) is 2.33. The van der Waals surface area contributed by atoms with Crippen LogP contribution in [0.1, 0.15) is 5.82 Å². The van der Waals surface area contributed by atoms with Crippen LogP contribution in [0.3, 0.4) is 0 Å². The van der Waals surface area contributed by atoms with Gasteiger partial charge in [-0.2, -0.15) is 5.10 Å². The largest absolute Gasteiger partial charge is 0.495 e. The number of rotatable bonds is 4. The molecule has 0 atom stereocenters. The molecule has 1 saturated heterocycles. The van der Waals surface area contributed by atoms with Crippen LogP contribution in [0.2, 0.25) is 0 Å². The quantitative estimate of drug-likeness (QED) is 0.490. The van der Waals surface area contributed by atoms with Crippen LogP contribution in [0.25, 0.3) is 15.7 Å². The van der Waals surface area contributed by atoms with Crippen molar-refractivity contribution in [2.24, 2.45) is 0 Å². The van der Waals surface area contributed by atoms with E-state index < -0.39 is 0 Å². The first-order chi connectivity index (χ1) is 15.1. The van der Waals surface area contributed by atoms with Gasteiger partial charge < -0.3 is 14.5 Å². The Labute approximate surface area is 182 Å². The van der Waals surface area contributed by atoms with E-state index in [1.165, 1.54) is 4.68 Å². The third-order valence-electron chi connectivity index (χ3n) is 5.81. The number of para-hydroxylation sites is 2. The summed E-state index contributed by atoms with van der Waals surface area (Å²) in [6.45, 7) is 4.41. The van der Waals surface area contributed by atoms with Gasteiger partial charge in [-0.05, 0) is 36.6 Å². The third-order valence-corrected chi connectivity index (χ3v) is 6.66. The minimum atomic E-state index is -0.241. The van der Waals surface area contributed by atoms with E-state index >= 15 is 0 Å². The molecule has 0 spiro atoms. The number of carbonyl (C=O) groups excluding carboxylic acids is 1. The van der Waals surface area contributed by atoms with E-state index in [1.54, 1.807) is 23.3 Å². The Morgan fingerprint density at radius 3 is 2.68 bits per heavy atom. The Balaban J connectivity index is 1.32. The number of piperazine rings is 1. The lowest BCUT2D eigenvalue weighted by molar-refractivity contribution is -0.132. The topological polar surface area (TPSA) is 72.1 Å². The standard InChI is InChI=1S/C22H23N5O3S/c1-15-23-26(22(29)18-13-20-17(27(15)18)7-12-31-20)14-21(28)25-10-8-24(9-11-25)16-5-3-4-6-19(16)30-2/h3-7,12-13H,8-11,14H2,1-2H3. The van der Waals surface area contributed by atoms with Crippen molar-refractivity contribution >= 4 is 38.7 Å². The fourth-order valence-electron chi connectivity index (χ4n) is 4.25. The van der Waals surface area contributed by atoms with Crippen LogP contribution >= 0.6 is 11.3 Å². The predicted octanol–water partition coefficient (Wildman–Crippen LogP) is 2.38. The highest BCUT2D eigenvalue weighted by Crippen LogP contribution is 2.28. The molecule has 1 amide bonds. The first kappa shape index (κ1) is 19.6. The second-order valence-corrected chi connectivity index (χ2v) is 8.53. The zero-order valence-corrected chi connectivity index (χ0v) is 18.3. The van der Waals surface area contributed by atoms with Crippen LogP contribution in [0.15, 0.2) is 46.6 Å². The minimum Gasteiger partial charge on any atom is -0.495 e.